The Labute approximate surface area is 131 Å². The number of sulfonamides is 1. The normalized spacial score (nSPS) is 28.0. The summed E-state index contributed by atoms with van der Waals surface area (Å²) in [7, 11) is -2.20. The Morgan fingerprint density at radius 3 is 2.41 bits per heavy atom. The lowest BCUT2D eigenvalue weighted by Gasteiger charge is -2.44. The van der Waals surface area contributed by atoms with E-state index < -0.39 is 21.2 Å². The van der Waals surface area contributed by atoms with Crippen molar-refractivity contribution in [2.24, 2.45) is 5.41 Å². The van der Waals surface area contributed by atoms with Gasteiger partial charge in [0.1, 0.15) is 5.41 Å². The minimum Gasteiger partial charge on any atom is -0.357 e. The van der Waals surface area contributed by atoms with E-state index in [-0.39, 0.29) is 0 Å². The van der Waals surface area contributed by atoms with Crippen LogP contribution < -0.4 is 4.72 Å². The Morgan fingerprint density at radius 2 is 1.91 bits per heavy atom. The Kier molecular flexibility index (Phi) is 4.25. The van der Waals surface area contributed by atoms with Gasteiger partial charge >= 0.3 is 0 Å². The molecule has 0 aromatic heterocycles. The van der Waals surface area contributed by atoms with Crippen molar-refractivity contribution >= 4 is 15.6 Å². The van der Waals surface area contributed by atoms with Crippen LogP contribution in [0.5, 0.6) is 0 Å². The standard InChI is InChI=1S/C16H18N2O3S/c1-15(12-17)14(13-8-5-4-6-9-13)10-7-11-16(15,21-2)18-22(3,19)20/h4-11,18H,1-3H3. The molecule has 0 saturated carbocycles. The third-order valence-electron chi connectivity index (χ3n) is 3.84. The summed E-state index contributed by atoms with van der Waals surface area (Å²) < 4.78 is 31.4. The largest absolute Gasteiger partial charge is 0.357 e. The highest BCUT2D eigenvalue weighted by Crippen LogP contribution is 2.47. The number of rotatable bonds is 4. The van der Waals surface area contributed by atoms with Crippen LogP contribution in [0.3, 0.4) is 0 Å². The molecule has 0 amide bonds. The number of methoxy groups -OCH3 is 1. The molecule has 22 heavy (non-hydrogen) atoms. The first-order valence-electron chi connectivity index (χ1n) is 6.69. The van der Waals surface area contributed by atoms with Crippen molar-refractivity contribution in [3.8, 4) is 6.07 Å². The molecular weight excluding hydrogens is 300 g/mol. The first-order valence-corrected chi connectivity index (χ1v) is 8.58. The van der Waals surface area contributed by atoms with Crippen molar-refractivity contribution in [1.29, 1.82) is 5.26 Å². The van der Waals surface area contributed by atoms with Crippen molar-refractivity contribution in [1.82, 2.24) is 4.72 Å². The molecule has 0 radical (unpaired) electrons. The monoisotopic (exact) mass is 318 g/mol. The summed E-state index contributed by atoms with van der Waals surface area (Å²) in [6.45, 7) is 1.66. The Hall–Kier alpha value is -1.94. The Balaban J connectivity index is 2.63. The minimum absolute atomic E-state index is 0.691. The maximum Gasteiger partial charge on any atom is 0.211 e. The fourth-order valence-electron chi connectivity index (χ4n) is 2.68. The van der Waals surface area contributed by atoms with Crippen molar-refractivity contribution in [2.45, 2.75) is 12.6 Å². The second-order valence-electron chi connectivity index (χ2n) is 5.36. The number of nitrogens with zero attached hydrogens (tertiary/aromatic N) is 1. The molecule has 1 aliphatic rings. The van der Waals surface area contributed by atoms with Crippen molar-refractivity contribution in [2.75, 3.05) is 13.4 Å². The summed E-state index contributed by atoms with van der Waals surface area (Å²) in [5.74, 6) is 0. The molecule has 0 spiro atoms. The van der Waals surface area contributed by atoms with Crippen LogP contribution in [0.1, 0.15) is 12.5 Å². The number of hydrogen-bond donors (Lipinski definition) is 1. The van der Waals surface area contributed by atoms with Crippen LogP contribution >= 0.6 is 0 Å². The second-order valence-corrected chi connectivity index (χ2v) is 7.10. The van der Waals surface area contributed by atoms with Crippen LogP contribution in [0.15, 0.2) is 48.6 Å². The van der Waals surface area contributed by atoms with Gasteiger partial charge in [0.05, 0.1) is 12.3 Å². The average Bonchev–Trinajstić information content (AvgIpc) is 2.49. The van der Waals surface area contributed by atoms with E-state index in [1.807, 2.05) is 30.3 Å². The molecule has 5 nitrogen and oxygen atoms in total. The fourth-order valence-corrected chi connectivity index (χ4v) is 3.59. The van der Waals surface area contributed by atoms with E-state index in [1.54, 1.807) is 25.2 Å². The van der Waals surface area contributed by atoms with Crippen molar-refractivity contribution in [3.05, 3.63) is 54.1 Å². The van der Waals surface area contributed by atoms with E-state index >= 15 is 0 Å². The quantitative estimate of drug-likeness (QED) is 0.862. The molecular formula is C16H18N2O3S. The topological polar surface area (TPSA) is 79.2 Å². The summed E-state index contributed by atoms with van der Waals surface area (Å²) in [4.78, 5) is 0. The first-order chi connectivity index (χ1) is 10.3. The van der Waals surface area contributed by atoms with Crippen LogP contribution in [0.2, 0.25) is 0 Å². The molecule has 0 aliphatic heterocycles. The molecule has 1 N–H and O–H groups in total. The molecule has 2 atom stereocenters. The molecule has 116 valence electrons. The van der Waals surface area contributed by atoms with E-state index in [0.29, 0.717) is 5.57 Å². The zero-order valence-electron chi connectivity index (χ0n) is 12.7. The second kappa shape index (κ2) is 5.69. The smallest absolute Gasteiger partial charge is 0.211 e. The highest BCUT2D eigenvalue weighted by atomic mass is 32.2. The van der Waals surface area contributed by atoms with Gasteiger partial charge in [0, 0.05) is 7.11 Å². The SMILES string of the molecule is COC1(NS(C)(=O)=O)C=CC=C(c2ccccc2)C1(C)C#N. The van der Waals surface area contributed by atoms with E-state index in [9.17, 15) is 13.7 Å². The van der Waals surface area contributed by atoms with Gasteiger partial charge in [0.15, 0.2) is 5.72 Å². The number of benzene rings is 1. The zero-order chi connectivity index (χ0) is 16.4. The predicted octanol–water partition coefficient (Wildman–Crippen LogP) is 2.06. The lowest BCUT2D eigenvalue weighted by Crippen LogP contribution is -2.59. The van der Waals surface area contributed by atoms with E-state index in [0.717, 1.165) is 11.8 Å². The number of nitriles is 1. The summed E-state index contributed by atoms with van der Waals surface area (Å²) in [6.07, 6.45) is 6.10. The van der Waals surface area contributed by atoms with Gasteiger partial charge in [-0.25, -0.2) is 8.42 Å². The Morgan fingerprint density at radius 1 is 1.27 bits per heavy atom. The predicted molar refractivity (Wildman–Crippen MR) is 85.0 cm³/mol. The maximum absolute atomic E-state index is 11.8. The van der Waals surface area contributed by atoms with Gasteiger partial charge in [0.2, 0.25) is 10.0 Å². The van der Waals surface area contributed by atoms with Crippen LogP contribution in [0.25, 0.3) is 5.57 Å². The summed E-state index contributed by atoms with van der Waals surface area (Å²) in [6, 6.07) is 11.6. The highest BCUT2D eigenvalue weighted by Gasteiger charge is 2.53. The lowest BCUT2D eigenvalue weighted by molar-refractivity contribution is -0.0296. The van der Waals surface area contributed by atoms with E-state index in [1.165, 1.54) is 7.11 Å². The van der Waals surface area contributed by atoms with Gasteiger partial charge in [-0.3, -0.25) is 0 Å². The molecule has 1 aliphatic carbocycles. The van der Waals surface area contributed by atoms with Gasteiger partial charge in [-0.2, -0.15) is 9.98 Å². The average molecular weight is 318 g/mol. The van der Waals surface area contributed by atoms with Gasteiger partial charge in [0.25, 0.3) is 0 Å². The number of hydrogen-bond acceptors (Lipinski definition) is 4. The number of ether oxygens (including phenoxy) is 1. The van der Waals surface area contributed by atoms with E-state index in [2.05, 4.69) is 10.8 Å². The zero-order valence-corrected chi connectivity index (χ0v) is 13.5. The molecule has 2 unspecified atom stereocenters. The lowest BCUT2D eigenvalue weighted by atomic mass is 9.69. The summed E-state index contributed by atoms with van der Waals surface area (Å²) >= 11 is 0. The summed E-state index contributed by atoms with van der Waals surface area (Å²) in [5.41, 5.74) is -1.15. The van der Waals surface area contributed by atoms with Crippen molar-refractivity contribution < 1.29 is 13.2 Å². The highest BCUT2D eigenvalue weighted by molar-refractivity contribution is 7.88. The Bertz CT molecular complexity index is 762. The fraction of sp³-hybridized carbons (Fsp3) is 0.312. The maximum atomic E-state index is 11.8. The van der Waals surface area contributed by atoms with Crippen LogP contribution in [-0.2, 0) is 14.8 Å². The van der Waals surface area contributed by atoms with Crippen LogP contribution in [0.4, 0.5) is 0 Å². The molecule has 0 heterocycles. The minimum atomic E-state index is -3.59. The van der Waals surface area contributed by atoms with Crippen LogP contribution in [0, 0.1) is 16.7 Å². The summed E-state index contributed by atoms with van der Waals surface area (Å²) in [5, 5.41) is 9.81. The number of nitrogens with one attached hydrogen (secondary N) is 1. The van der Waals surface area contributed by atoms with Gasteiger partial charge in [-0.05, 0) is 24.1 Å². The molecule has 1 aromatic carbocycles. The third kappa shape index (κ3) is 2.71. The van der Waals surface area contributed by atoms with Gasteiger partial charge < -0.3 is 4.74 Å². The molecule has 0 saturated heterocycles. The molecule has 1 aromatic rings. The van der Waals surface area contributed by atoms with Gasteiger partial charge in [-0.1, -0.05) is 42.5 Å². The van der Waals surface area contributed by atoms with E-state index in [4.69, 9.17) is 4.74 Å². The number of allylic oxidation sites excluding steroid dienone is 2. The molecule has 6 heteroatoms. The first kappa shape index (κ1) is 16.4. The molecule has 0 fully saturated rings. The molecule has 0 bridgehead atoms. The molecule has 2 rings (SSSR count). The third-order valence-corrected chi connectivity index (χ3v) is 4.52. The van der Waals surface area contributed by atoms with Crippen LogP contribution in [-0.4, -0.2) is 27.5 Å². The van der Waals surface area contributed by atoms with Gasteiger partial charge in [-0.15, -0.1) is 0 Å². The van der Waals surface area contributed by atoms with Crippen molar-refractivity contribution in [3.63, 3.8) is 0 Å².